The van der Waals surface area contributed by atoms with Crippen LogP contribution in [0.4, 0.5) is 0 Å². The second kappa shape index (κ2) is 8.49. The van der Waals surface area contributed by atoms with Gasteiger partial charge in [-0.15, -0.1) is 0 Å². The lowest BCUT2D eigenvalue weighted by molar-refractivity contribution is -0.142. The summed E-state index contributed by atoms with van der Waals surface area (Å²) in [6.07, 6.45) is 0. The molecular formula is C13H19NO4. The summed E-state index contributed by atoms with van der Waals surface area (Å²) >= 11 is 0. The molecule has 0 radical (unpaired) electrons. The second-order valence-electron chi connectivity index (χ2n) is 3.68. The number of benzene rings is 1. The van der Waals surface area contributed by atoms with Crippen LogP contribution in [0.3, 0.4) is 0 Å². The Bertz CT molecular complexity index is 368. The molecule has 0 atom stereocenters. The maximum Gasteiger partial charge on any atom is 0.343 e. The van der Waals surface area contributed by atoms with Gasteiger partial charge in [-0.05, 0) is 17.7 Å². The first-order valence-electron chi connectivity index (χ1n) is 5.74. The molecular weight excluding hydrogens is 234 g/mol. The number of hydrogen-bond donors (Lipinski definition) is 1. The Kier molecular flexibility index (Phi) is 6.83. The van der Waals surface area contributed by atoms with Crippen LogP contribution in [0.2, 0.25) is 0 Å². The molecule has 0 aliphatic carbocycles. The molecule has 0 saturated carbocycles. The van der Waals surface area contributed by atoms with Crippen molar-refractivity contribution in [3.63, 3.8) is 0 Å². The minimum Gasteiger partial charge on any atom is -0.482 e. The van der Waals surface area contributed by atoms with Crippen molar-refractivity contribution in [1.29, 1.82) is 0 Å². The standard InChI is InChI=1S/C13H19NO4/c1-16-7-6-14-9-11-4-3-5-12(8-11)18-10-13(15)17-2/h3-5,8,14H,6-7,9-10H2,1-2H3. The average Bonchev–Trinajstić information content (AvgIpc) is 2.41. The predicted octanol–water partition coefficient (Wildman–Crippen LogP) is 0.974. The lowest BCUT2D eigenvalue weighted by Gasteiger charge is -2.08. The normalized spacial score (nSPS) is 10.1. The van der Waals surface area contributed by atoms with Crippen LogP contribution >= 0.6 is 0 Å². The van der Waals surface area contributed by atoms with E-state index in [0.717, 1.165) is 18.7 Å². The highest BCUT2D eigenvalue weighted by Gasteiger charge is 2.02. The molecule has 1 aromatic rings. The zero-order valence-electron chi connectivity index (χ0n) is 10.8. The van der Waals surface area contributed by atoms with Crippen molar-refractivity contribution in [1.82, 2.24) is 5.32 Å². The molecule has 0 spiro atoms. The van der Waals surface area contributed by atoms with Crippen molar-refractivity contribution in [2.24, 2.45) is 0 Å². The van der Waals surface area contributed by atoms with Crippen molar-refractivity contribution in [2.75, 3.05) is 34.0 Å². The molecule has 1 N–H and O–H groups in total. The van der Waals surface area contributed by atoms with Gasteiger partial charge in [0.2, 0.25) is 0 Å². The third-order valence-corrected chi connectivity index (χ3v) is 2.29. The van der Waals surface area contributed by atoms with E-state index in [0.29, 0.717) is 12.4 Å². The minimum atomic E-state index is -0.390. The summed E-state index contributed by atoms with van der Waals surface area (Å²) < 4.78 is 14.7. The summed E-state index contributed by atoms with van der Waals surface area (Å²) in [7, 11) is 3.00. The Labute approximate surface area is 107 Å². The topological polar surface area (TPSA) is 56.8 Å². The molecule has 0 aliphatic rings. The summed E-state index contributed by atoms with van der Waals surface area (Å²) in [5.41, 5.74) is 1.09. The molecule has 0 fully saturated rings. The Morgan fingerprint density at radius 2 is 2.17 bits per heavy atom. The van der Waals surface area contributed by atoms with E-state index in [9.17, 15) is 4.79 Å². The Morgan fingerprint density at radius 1 is 1.33 bits per heavy atom. The predicted molar refractivity (Wildman–Crippen MR) is 67.5 cm³/mol. The highest BCUT2D eigenvalue weighted by molar-refractivity contribution is 5.70. The highest BCUT2D eigenvalue weighted by atomic mass is 16.6. The molecule has 0 bridgehead atoms. The zero-order chi connectivity index (χ0) is 13.2. The molecule has 0 heterocycles. The van der Waals surface area contributed by atoms with E-state index in [2.05, 4.69) is 10.1 Å². The Balaban J connectivity index is 2.39. The SMILES string of the molecule is COCCNCc1cccc(OCC(=O)OC)c1. The Hall–Kier alpha value is -1.59. The number of carbonyl (C=O) groups excluding carboxylic acids is 1. The number of methoxy groups -OCH3 is 2. The van der Waals surface area contributed by atoms with E-state index in [1.54, 1.807) is 7.11 Å². The van der Waals surface area contributed by atoms with Gasteiger partial charge < -0.3 is 19.5 Å². The van der Waals surface area contributed by atoms with Crippen molar-refractivity contribution >= 4 is 5.97 Å². The fraction of sp³-hybridized carbons (Fsp3) is 0.462. The van der Waals surface area contributed by atoms with Gasteiger partial charge in [0, 0.05) is 20.2 Å². The van der Waals surface area contributed by atoms with E-state index in [1.165, 1.54) is 7.11 Å². The van der Waals surface area contributed by atoms with Gasteiger partial charge in [-0.25, -0.2) is 4.79 Å². The number of rotatable bonds is 8. The lowest BCUT2D eigenvalue weighted by atomic mass is 10.2. The zero-order valence-corrected chi connectivity index (χ0v) is 10.8. The first-order chi connectivity index (χ1) is 8.76. The summed E-state index contributed by atoms with van der Waals surface area (Å²) in [4.78, 5) is 10.9. The molecule has 5 heteroatoms. The monoisotopic (exact) mass is 253 g/mol. The number of nitrogens with one attached hydrogen (secondary N) is 1. The van der Waals surface area contributed by atoms with E-state index in [1.807, 2.05) is 24.3 Å². The van der Waals surface area contributed by atoms with Gasteiger partial charge in [0.25, 0.3) is 0 Å². The molecule has 0 amide bonds. The summed E-state index contributed by atoms with van der Waals surface area (Å²) in [5.74, 6) is 0.269. The maximum absolute atomic E-state index is 10.9. The van der Waals surface area contributed by atoms with Crippen LogP contribution in [0.5, 0.6) is 5.75 Å². The fourth-order valence-electron chi connectivity index (χ4n) is 1.35. The lowest BCUT2D eigenvalue weighted by Crippen LogP contribution is -2.18. The maximum atomic E-state index is 10.9. The van der Waals surface area contributed by atoms with Crippen molar-refractivity contribution in [3.05, 3.63) is 29.8 Å². The average molecular weight is 253 g/mol. The van der Waals surface area contributed by atoms with Crippen LogP contribution in [0.25, 0.3) is 0 Å². The summed E-state index contributed by atoms with van der Waals surface area (Å²) in [6.45, 7) is 2.14. The van der Waals surface area contributed by atoms with Gasteiger partial charge in [0.15, 0.2) is 6.61 Å². The van der Waals surface area contributed by atoms with E-state index >= 15 is 0 Å². The van der Waals surface area contributed by atoms with Gasteiger partial charge in [-0.3, -0.25) is 0 Å². The summed E-state index contributed by atoms with van der Waals surface area (Å²) in [6, 6.07) is 7.58. The van der Waals surface area contributed by atoms with E-state index in [4.69, 9.17) is 9.47 Å². The van der Waals surface area contributed by atoms with Gasteiger partial charge in [-0.2, -0.15) is 0 Å². The molecule has 1 aromatic carbocycles. The van der Waals surface area contributed by atoms with Crippen LogP contribution in [-0.4, -0.2) is 39.9 Å². The van der Waals surface area contributed by atoms with Crippen LogP contribution in [-0.2, 0) is 20.8 Å². The van der Waals surface area contributed by atoms with Crippen LogP contribution < -0.4 is 10.1 Å². The number of carbonyl (C=O) groups is 1. The molecule has 0 unspecified atom stereocenters. The largest absolute Gasteiger partial charge is 0.482 e. The van der Waals surface area contributed by atoms with Crippen LogP contribution in [0, 0.1) is 0 Å². The van der Waals surface area contributed by atoms with Gasteiger partial charge in [-0.1, -0.05) is 12.1 Å². The molecule has 18 heavy (non-hydrogen) atoms. The van der Waals surface area contributed by atoms with Gasteiger partial charge in [0.1, 0.15) is 5.75 Å². The van der Waals surface area contributed by atoms with Crippen molar-refractivity contribution < 1.29 is 19.0 Å². The van der Waals surface area contributed by atoms with E-state index < -0.39 is 5.97 Å². The third-order valence-electron chi connectivity index (χ3n) is 2.29. The first-order valence-corrected chi connectivity index (χ1v) is 5.74. The van der Waals surface area contributed by atoms with Crippen LogP contribution in [0.15, 0.2) is 24.3 Å². The van der Waals surface area contributed by atoms with Crippen LogP contribution in [0.1, 0.15) is 5.56 Å². The van der Waals surface area contributed by atoms with Crippen molar-refractivity contribution in [2.45, 2.75) is 6.54 Å². The molecule has 1 rings (SSSR count). The number of esters is 1. The Morgan fingerprint density at radius 3 is 2.89 bits per heavy atom. The van der Waals surface area contributed by atoms with E-state index in [-0.39, 0.29) is 6.61 Å². The first kappa shape index (κ1) is 14.5. The quantitative estimate of drug-likeness (QED) is 0.553. The number of ether oxygens (including phenoxy) is 3. The molecule has 0 saturated heterocycles. The van der Waals surface area contributed by atoms with Crippen molar-refractivity contribution in [3.8, 4) is 5.75 Å². The molecule has 0 aromatic heterocycles. The number of hydrogen-bond acceptors (Lipinski definition) is 5. The second-order valence-corrected chi connectivity index (χ2v) is 3.68. The fourth-order valence-corrected chi connectivity index (χ4v) is 1.35. The molecule has 5 nitrogen and oxygen atoms in total. The van der Waals surface area contributed by atoms with Gasteiger partial charge in [0.05, 0.1) is 13.7 Å². The minimum absolute atomic E-state index is 0.0724. The van der Waals surface area contributed by atoms with Gasteiger partial charge >= 0.3 is 5.97 Å². The third kappa shape index (κ3) is 5.65. The molecule has 100 valence electrons. The smallest absolute Gasteiger partial charge is 0.343 e. The summed E-state index contributed by atoms with van der Waals surface area (Å²) in [5, 5.41) is 3.23. The molecule has 0 aliphatic heterocycles. The highest BCUT2D eigenvalue weighted by Crippen LogP contribution is 2.13.